The first-order valence-corrected chi connectivity index (χ1v) is 10.9. The van der Waals surface area contributed by atoms with Crippen LogP contribution in [-0.2, 0) is 10.2 Å². The number of carboxylic acids is 1. The van der Waals surface area contributed by atoms with Crippen LogP contribution >= 0.6 is 0 Å². The Morgan fingerprint density at radius 2 is 1.71 bits per heavy atom. The first-order chi connectivity index (χ1) is 16.0. The summed E-state index contributed by atoms with van der Waals surface area (Å²) < 4.78 is 37.7. The second kappa shape index (κ2) is 11.3. The second-order valence-electron chi connectivity index (χ2n) is 8.14. The van der Waals surface area contributed by atoms with E-state index in [1.165, 1.54) is 0 Å². The number of carbonyl (C=O) groups is 3. The van der Waals surface area contributed by atoms with Crippen molar-refractivity contribution in [3.05, 3.63) is 64.7 Å². The van der Waals surface area contributed by atoms with Gasteiger partial charge in [-0.25, -0.2) is 4.79 Å². The minimum Gasteiger partial charge on any atom is -0.491 e. The number of carbonyl (C=O) groups excluding carboxylic acids is 2. The van der Waals surface area contributed by atoms with E-state index in [2.05, 4.69) is 19.1 Å². The molecular formula is C25H28F3NO5. The predicted molar refractivity (Wildman–Crippen MR) is 120 cm³/mol. The van der Waals surface area contributed by atoms with Crippen LogP contribution in [0.3, 0.4) is 0 Å². The number of alkyl halides is 3. The molecule has 9 heteroatoms. The number of benzene rings is 2. The van der Waals surface area contributed by atoms with Crippen molar-refractivity contribution in [2.75, 3.05) is 13.2 Å². The summed E-state index contributed by atoms with van der Waals surface area (Å²) >= 11 is 0. The highest BCUT2D eigenvalue weighted by Crippen LogP contribution is 2.46. The molecule has 3 rings (SSSR count). The van der Waals surface area contributed by atoms with E-state index in [-0.39, 0.29) is 17.0 Å². The van der Waals surface area contributed by atoms with Crippen molar-refractivity contribution >= 4 is 17.5 Å². The number of ketones is 2. The van der Waals surface area contributed by atoms with Gasteiger partial charge < -0.3 is 15.6 Å². The number of nitrogens with two attached hydrogens (primary N) is 1. The molecule has 0 saturated carbocycles. The molecule has 1 heterocycles. The van der Waals surface area contributed by atoms with Crippen LogP contribution in [0.4, 0.5) is 13.2 Å². The van der Waals surface area contributed by atoms with Crippen molar-refractivity contribution in [3.63, 3.8) is 0 Å². The fourth-order valence-electron chi connectivity index (χ4n) is 3.67. The maximum absolute atomic E-state index is 12.7. The van der Waals surface area contributed by atoms with E-state index >= 15 is 0 Å². The van der Waals surface area contributed by atoms with Gasteiger partial charge in [0, 0.05) is 24.0 Å². The van der Waals surface area contributed by atoms with Gasteiger partial charge in [-0.3, -0.25) is 9.59 Å². The van der Waals surface area contributed by atoms with Crippen LogP contribution in [0.2, 0.25) is 0 Å². The van der Waals surface area contributed by atoms with E-state index < -0.39 is 12.1 Å². The van der Waals surface area contributed by atoms with Crippen molar-refractivity contribution in [1.29, 1.82) is 0 Å². The Balaban J connectivity index is 0.000000509. The number of fused-ring (bicyclic) bond motifs is 1. The van der Waals surface area contributed by atoms with Crippen LogP contribution in [0.15, 0.2) is 42.5 Å². The fourth-order valence-corrected chi connectivity index (χ4v) is 3.67. The summed E-state index contributed by atoms with van der Waals surface area (Å²) in [7, 11) is 0. The Morgan fingerprint density at radius 1 is 1.09 bits per heavy atom. The lowest BCUT2D eigenvalue weighted by Gasteiger charge is -2.24. The van der Waals surface area contributed by atoms with Crippen LogP contribution in [0, 0.1) is 0 Å². The first kappa shape index (κ1) is 27.0. The Morgan fingerprint density at radius 3 is 2.24 bits per heavy atom. The summed E-state index contributed by atoms with van der Waals surface area (Å²) in [6, 6.07) is 13.7. The second-order valence-corrected chi connectivity index (χ2v) is 8.14. The van der Waals surface area contributed by atoms with Crippen molar-refractivity contribution in [1.82, 2.24) is 0 Å². The number of rotatable bonds is 8. The summed E-state index contributed by atoms with van der Waals surface area (Å²) in [6.07, 6.45) is -2.68. The van der Waals surface area contributed by atoms with Crippen LogP contribution in [0.1, 0.15) is 71.4 Å². The molecule has 6 nitrogen and oxygen atoms in total. The summed E-state index contributed by atoms with van der Waals surface area (Å²) in [5.74, 6) is -2.07. The third-order valence-electron chi connectivity index (χ3n) is 5.64. The van der Waals surface area contributed by atoms with Crippen molar-refractivity contribution < 1.29 is 37.4 Å². The van der Waals surface area contributed by atoms with Crippen molar-refractivity contribution in [3.8, 4) is 5.75 Å². The van der Waals surface area contributed by atoms with Crippen LogP contribution < -0.4 is 10.5 Å². The van der Waals surface area contributed by atoms with E-state index in [4.69, 9.17) is 20.4 Å². The van der Waals surface area contributed by atoms with Gasteiger partial charge >= 0.3 is 12.1 Å². The number of hydrogen-bond donors (Lipinski definition) is 2. The summed E-state index contributed by atoms with van der Waals surface area (Å²) in [5.41, 5.74) is 8.32. The average Bonchev–Trinajstić information content (AvgIpc) is 3.16. The molecule has 34 heavy (non-hydrogen) atoms. The smallest absolute Gasteiger partial charge is 0.490 e. The Hall–Kier alpha value is -3.20. The summed E-state index contributed by atoms with van der Waals surface area (Å²) in [6.45, 7) is 4.98. The van der Waals surface area contributed by atoms with E-state index in [0.29, 0.717) is 42.9 Å². The molecule has 1 unspecified atom stereocenters. The molecule has 0 aliphatic carbocycles. The molecule has 184 valence electrons. The molecule has 0 aromatic heterocycles. The van der Waals surface area contributed by atoms with E-state index in [1.54, 1.807) is 6.07 Å². The number of Topliss-reactive ketones (excluding diaryl/α,β-unsaturated/α-hetero) is 2. The molecule has 1 aliphatic rings. The largest absolute Gasteiger partial charge is 0.491 e. The normalized spacial score (nSPS) is 16.6. The zero-order valence-corrected chi connectivity index (χ0v) is 19.1. The predicted octanol–water partition coefficient (Wildman–Crippen LogP) is 4.92. The van der Waals surface area contributed by atoms with Gasteiger partial charge in [-0.2, -0.15) is 13.2 Å². The van der Waals surface area contributed by atoms with Crippen LogP contribution in [0.5, 0.6) is 5.75 Å². The van der Waals surface area contributed by atoms with Gasteiger partial charge in [-0.15, -0.1) is 0 Å². The molecule has 2 aromatic rings. The fraction of sp³-hybridized carbons (Fsp3) is 0.400. The molecule has 1 atom stereocenters. The highest BCUT2D eigenvalue weighted by Gasteiger charge is 2.40. The number of carboxylic acid groups (broad SMARTS) is 1. The molecule has 0 spiro atoms. The summed E-state index contributed by atoms with van der Waals surface area (Å²) in [4.78, 5) is 34.2. The Bertz CT molecular complexity index is 1040. The monoisotopic (exact) mass is 479 g/mol. The molecule has 0 saturated heterocycles. The molecule has 3 N–H and O–H groups in total. The highest BCUT2D eigenvalue weighted by molar-refractivity contribution is 6.04. The van der Waals surface area contributed by atoms with Gasteiger partial charge in [0.1, 0.15) is 12.4 Å². The molecule has 2 aromatic carbocycles. The molecule has 0 radical (unpaired) electrons. The van der Waals surface area contributed by atoms with Gasteiger partial charge in [0.2, 0.25) is 0 Å². The standard InChI is InChI=1S/C23H27NO3.C2HF3O2/c1-3-20(25)18-13-16(21(26)11-7-8-12-24)14-19-22(18)27-15-23(19,2)17-9-5-4-6-10-17;3-2(4,5)1(6)7/h4-6,9-10,13-14H,3,7-8,11-12,15,24H2,1-2H3;(H,6,7). The maximum atomic E-state index is 12.7. The zero-order chi connectivity index (χ0) is 25.5. The Kier molecular flexibility index (Phi) is 8.98. The van der Waals surface area contributed by atoms with Gasteiger partial charge in [0.05, 0.1) is 11.0 Å². The minimum atomic E-state index is -5.08. The topological polar surface area (TPSA) is 107 Å². The first-order valence-electron chi connectivity index (χ1n) is 10.9. The van der Waals surface area contributed by atoms with E-state index in [9.17, 15) is 22.8 Å². The number of aliphatic carboxylic acids is 1. The molecule has 0 fully saturated rings. The molecule has 1 aliphatic heterocycles. The third kappa shape index (κ3) is 6.22. The molecule has 0 amide bonds. The van der Waals surface area contributed by atoms with E-state index in [1.807, 2.05) is 31.2 Å². The lowest BCUT2D eigenvalue weighted by Crippen LogP contribution is -2.25. The maximum Gasteiger partial charge on any atom is 0.490 e. The lowest BCUT2D eigenvalue weighted by molar-refractivity contribution is -0.192. The van der Waals surface area contributed by atoms with Gasteiger partial charge in [0.25, 0.3) is 0 Å². The minimum absolute atomic E-state index is 0.000157. The average molecular weight is 479 g/mol. The van der Waals surface area contributed by atoms with Gasteiger partial charge in [-0.05, 0) is 44.0 Å². The Labute approximate surface area is 195 Å². The number of ether oxygens (including phenoxy) is 1. The van der Waals surface area contributed by atoms with Crippen LogP contribution in [0.25, 0.3) is 0 Å². The number of unbranched alkanes of at least 4 members (excludes halogenated alkanes) is 1. The SMILES string of the molecule is CCC(=O)c1cc(C(=O)CCCCN)cc2c1OCC2(C)c1ccccc1.O=C(O)C(F)(F)F. The quantitative estimate of drug-likeness (QED) is 0.411. The molecular weight excluding hydrogens is 451 g/mol. The van der Waals surface area contributed by atoms with Gasteiger partial charge in [-0.1, -0.05) is 37.3 Å². The summed E-state index contributed by atoms with van der Waals surface area (Å²) in [5, 5.41) is 7.12. The van der Waals surface area contributed by atoms with E-state index in [0.717, 1.165) is 24.0 Å². The lowest BCUT2D eigenvalue weighted by atomic mass is 9.76. The van der Waals surface area contributed by atoms with Crippen molar-refractivity contribution in [2.45, 2.75) is 51.1 Å². The zero-order valence-electron chi connectivity index (χ0n) is 19.1. The highest BCUT2D eigenvalue weighted by atomic mass is 19.4. The third-order valence-corrected chi connectivity index (χ3v) is 5.64. The van der Waals surface area contributed by atoms with Crippen LogP contribution in [-0.4, -0.2) is 42.0 Å². The number of hydrogen-bond acceptors (Lipinski definition) is 5. The number of halogens is 3. The van der Waals surface area contributed by atoms with Crippen molar-refractivity contribution in [2.24, 2.45) is 5.73 Å². The van der Waals surface area contributed by atoms with Gasteiger partial charge in [0.15, 0.2) is 11.6 Å². The molecule has 0 bridgehead atoms.